The molecule has 0 saturated heterocycles. The number of carbonyl (C=O) groups excluding carboxylic acids is 1. The van der Waals surface area contributed by atoms with E-state index in [-0.39, 0.29) is 11.7 Å². The molecule has 0 saturated carbocycles. The van der Waals surface area contributed by atoms with Gasteiger partial charge in [-0.2, -0.15) is 0 Å². The highest BCUT2D eigenvalue weighted by atomic mass is 32.2. The minimum atomic E-state index is -0.176. The number of benzene rings is 2. The van der Waals surface area contributed by atoms with Crippen molar-refractivity contribution in [1.82, 2.24) is 25.0 Å². The van der Waals surface area contributed by atoms with E-state index in [1.165, 1.54) is 23.1 Å². The van der Waals surface area contributed by atoms with Crippen molar-refractivity contribution in [2.45, 2.75) is 11.7 Å². The quantitative estimate of drug-likeness (QED) is 0.327. The van der Waals surface area contributed by atoms with E-state index >= 15 is 0 Å². The molecule has 2 aromatic heterocycles. The molecule has 0 aliphatic rings. The molecule has 0 aliphatic carbocycles. The summed E-state index contributed by atoms with van der Waals surface area (Å²) in [5, 5.41) is 21.4. The van der Waals surface area contributed by atoms with Crippen LogP contribution >= 0.6 is 23.1 Å². The predicted molar refractivity (Wildman–Crippen MR) is 120 cm³/mol. The molecule has 1 N–H and O–H groups in total. The lowest BCUT2D eigenvalue weighted by atomic mass is 10.2. The van der Waals surface area contributed by atoms with E-state index in [4.69, 9.17) is 0 Å². The molecule has 0 spiro atoms. The van der Waals surface area contributed by atoms with Crippen LogP contribution in [-0.2, 0) is 11.3 Å². The number of aromatic nitrogens is 5. The lowest BCUT2D eigenvalue weighted by Crippen LogP contribution is -2.14. The summed E-state index contributed by atoms with van der Waals surface area (Å²) in [4.78, 5) is 12.4. The Labute approximate surface area is 181 Å². The number of allylic oxidation sites excluding steroid dienone is 1. The number of hydrogen-bond donors (Lipinski definition) is 1. The van der Waals surface area contributed by atoms with Crippen molar-refractivity contribution in [3.8, 4) is 22.0 Å². The number of nitrogens with one attached hydrogen (secondary N) is 1. The Morgan fingerprint density at radius 1 is 1.00 bits per heavy atom. The maximum Gasteiger partial charge on any atom is 0.236 e. The highest BCUT2D eigenvalue weighted by molar-refractivity contribution is 7.99. The fourth-order valence-corrected chi connectivity index (χ4v) is 4.26. The van der Waals surface area contributed by atoms with E-state index in [0.29, 0.717) is 16.8 Å². The summed E-state index contributed by atoms with van der Waals surface area (Å²) < 4.78 is 1.94. The van der Waals surface area contributed by atoms with Gasteiger partial charge in [-0.3, -0.25) is 14.7 Å². The van der Waals surface area contributed by atoms with Gasteiger partial charge in [-0.15, -0.1) is 27.0 Å². The van der Waals surface area contributed by atoms with Crippen LogP contribution in [0.15, 0.2) is 78.5 Å². The second-order valence-corrected chi connectivity index (χ2v) is 8.11. The second-order valence-electron chi connectivity index (χ2n) is 6.19. The van der Waals surface area contributed by atoms with Gasteiger partial charge >= 0.3 is 0 Å². The topological polar surface area (TPSA) is 85.6 Å². The molecule has 2 heterocycles. The standard InChI is InChI=1S/C21H18N6OS2/c1-2-13-27-18(15-9-5-3-6-10-15)23-26-21(27)29-14-17(28)22-20-25-24-19(30-20)16-11-7-4-8-12-16/h2-12H,1,13-14H2,(H,22,25,28). The Bertz CT molecular complexity index is 1140. The molecule has 30 heavy (non-hydrogen) atoms. The van der Waals surface area contributed by atoms with Gasteiger partial charge in [0.25, 0.3) is 0 Å². The minimum Gasteiger partial charge on any atom is -0.300 e. The fourth-order valence-electron chi connectivity index (χ4n) is 2.75. The van der Waals surface area contributed by atoms with Crippen LogP contribution in [0, 0.1) is 0 Å². The molecule has 0 radical (unpaired) electrons. The summed E-state index contributed by atoms with van der Waals surface area (Å²) >= 11 is 2.66. The number of thioether (sulfide) groups is 1. The van der Waals surface area contributed by atoms with Crippen LogP contribution in [0.2, 0.25) is 0 Å². The van der Waals surface area contributed by atoms with Crippen LogP contribution in [0.4, 0.5) is 5.13 Å². The van der Waals surface area contributed by atoms with Gasteiger partial charge in [0, 0.05) is 17.7 Å². The molecule has 2 aromatic carbocycles. The number of rotatable bonds is 8. The zero-order chi connectivity index (χ0) is 20.8. The minimum absolute atomic E-state index is 0.176. The summed E-state index contributed by atoms with van der Waals surface area (Å²) in [5.41, 5.74) is 1.93. The molecule has 9 heteroatoms. The van der Waals surface area contributed by atoms with Gasteiger partial charge < -0.3 is 0 Å². The first-order valence-electron chi connectivity index (χ1n) is 9.15. The van der Waals surface area contributed by atoms with Crippen molar-refractivity contribution in [3.05, 3.63) is 73.3 Å². The number of amides is 1. The van der Waals surface area contributed by atoms with Crippen molar-refractivity contribution in [2.24, 2.45) is 0 Å². The molecule has 0 aliphatic heterocycles. The first-order valence-corrected chi connectivity index (χ1v) is 11.0. The monoisotopic (exact) mass is 434 g/mol. The van der Waals surface area contributed by atoms with Crippen molar-refractivity contribution in [2.75, 3.05) is 11.1 Å². The summed E-state index contributed by atoms with van der Waals surface area (Å²) in [6, 6.07) is 19.5. The van der Waals surface area contributed by atoms with Gasteiger partial charge in [0.15, 0.2) is 11.0 Å². The molecule has 0 unspecified atom stereocenters. The lowest BCUT2D eigenvalue weighted by Gasteiger charge is -2.07. The molecule has 0 bridgehead atoms. The molecule has 4 rings (SSSR count). The zero-order valence-electron chi connectivity index (χ0n) is 15.9. The fraction of sp³-hybridized carbons (Fsp3) is 0.0952. The number of anilines is 1. The van der Waals surface area contributed by atoms with Crippen molar-refractivity contribution in [1.29, 1.82) is 0 Å². The van der Waals surface area contributed by atoms with Crippen molar-refractivity contribution < 1.29 is 4.79 Å². The van der Waals surface area contributed by atoms with Gasteiger partial charge in [-0.05, 0) is 0 Å². The Morgan fingerprint density at radius 2 is 1.70 bits per heavy atom. The van der Waals surface area contributed by atoms with Gasteiger partial charge in [0.2, 0.25) is 11.0 Å². The van der Waals surface area contributed by atoms with Gasteiger partial charge in [-0.1, -0.05) is 89.8 Å². The highest BCUT2D eigenvalue weighted by Gasteiger charge is 2.16. The van der Waals surface area contributed by atoms with Crippen molar-refractivity contribution >= 4 is 34.1 Å². The molecule has 0 atom stereocenters. The third-order valence-electron chi connectivity index (χ3n) is 4.08. The number of carbonyl (C=O) groups is 1. The third-order valence-corrected chi connectivity index (χ3v) is 5.94. The molecule has 1 amide bonds. The van der Waals surface area contributed by atoms with E-state index in [0.717, 1.165) is 22.0 Å². The average molecular weight is 435 g/mol. The van der Waals surface area contributed by atoms with Crippen LogP contribution in [-0.4, -0.2) is 36.6 Å². The summed E-state index contributed by atoms with van der Waals surface area (Å²) in [5.74, 6) is 0.754. The number of hydrogen-bond acceptors (Lipinski definition) is 7. The maximum atomic E-state index is 12.4. The first kappa shape index (κ1) is 20.0. The molecular formula is C21H18N6OS2. The van der Waals surface area contributed by atoms with Crippen LogP contribution in [0.5, 0.6) is 0 Å². The smallest absolute Gasteiger partial charge is 0.236 e. The molecule has 7 nitrogen and oxygen atoms in total. The van der Waals surface area contributed by atoms with E-state index in [1.54, 1.807) is 6.08 Å². The Balaban J connectivity index is 1.41. The van der Waals surface area contributed by atoms with Gasteiger partial charge in [0.05, 0.1) is 5.75 Å². The molecule has 0 fully saturated rings. The van der Waals surface area contributed by atoms with Crippen LogP contribution in [0.25, 0.3) is 22.0 Å². The predicted octanol–water partition coefficient (Wildman–Crippen LogP) is 4.38. The van der Waals surface area contributed by atoms with Gasteiger partial charge in [-0.25, -0.2) is 0 Å². The highest BCUT2D eigenvalue weighted by Crippen LogP contribution is 2.27. The largest absolute Gasteiger partial charge is 0.300 e. The zero-order valence-corrected chi connectivity index (χ0v) is 17.6. The van der Waals surface area contributed by atoms with Gasteiger partial charge in [0.1, 0.15) is 5.01 Å². The Hall–Kier alpha value is -3.30. The Morgan fingerprint density at radius 3 is 2.40 bits per heavy atom. The summed E-state index contributed by atoms with van der Waals surface area (Å²) in [6.07, 6.45) is 1.78. The first-order chi connectivity index (χ1) is 14.7. The molecule has 150 valence electrons. The van der Waals surface area contributed by atoms with Crippen molar-refractivity contribution in [3.63, 3.8) is 0 Å². The van der Waals surface area contributed by atoms with E-state index < -0.39 is 0 Å². The van der Waals surface area contributed by atoms with Crippen LogP contribution in [0.1, 0.15) is 0 Å². The lowest BCUT2D eigenvalue weighted by molar-refractivity contribution is -0.113. The average Bonchev–Trinajstić information content (AvgIpc) is 3.41. The normalized spacial score (nSPS) is 10.7. The summed E-state index contributed by atoms with van der Waals surface area (Å²) in [7, 11) is 0. The maximum absolute atomic E-state index is 12.4. The van der Waals surface area contributed by atoms with Crippen LogP contribution < -0.4 is 5.32 Å². The van der Waals surface area contributed by atoms with E-state index in [9.17, 15) is 4.79 Å². The van der Waals surface area contributed by atoms with Crippen LogP contribution in [0.3, 0.4) is 0 Å². The summed E-state index contributed by atoms with van der Waals surface area (Å²) in [6.45, 7) is 4.36. The third kappa shape index (κ3) is 4.64. The number of nitrogens with zero attached hydrogens (tertiary/aromatic N) is 5. The SMILES string of the molecule is C=CCn1c(SCC(=O)Nc2nnc(-c3ccccc3)s2)nnc1-c1ccccc1. The van der Waals surface area contributed by atoms with E-state index in [2.05, 4.69) is 32.3 Å². The second kappa shape index (κ2) is 9.47. The molecular weight excluding hydrogens is 416 g/mol. The molecule has 4 aromatic rings. The van der Waals surface area contributed by atoms with E-state index in [1.807, 2.05) is 65.2 Å². The Kier molecular flexibility index (Phi) is 6.31.